The summed E-state index contributed by atoms with van der Waals surface area (Å²) in [5, 5.41) is 23.9. The topological polar surface area (TPSA) is 112 Å². The summed E-state index contributed by atoms with van der Waals surface area (Å²) in [6, 6.07) is 8.15. The van der Waals surface area contributed by atoms with E-state index < -0.39 is 0 Å². The van der Waals surface area contributed by atoms with Crippen molar-refractivity contribution in [2.24, 2.45) is 0 Å². The van der Waals surface area contributed by atoms with Crippen LogP contribution in [0.5, 0.6) is 0 Å². The molecule has 0 fully saturated rings. The van der Waals surface area contributed by atoms with E-state index in [1.807, 2.05) is 27.6 Å². The smallest absolute Gasteiger partial charge is 0.214 e. The van der Waals surface area contributed by atoms with Crippen molar-refractivity contribution in [3.63, 3.8) is 0 Å². The summed E-state index contributed by atoms with van der Waals surface area (Å²) in [7, 11) is 0. The lowest BCUT2D eigenvalue weighted by molar-refractivity contribution is 0.346. The van der Waals surface area contributed by atoms with E-state index in [9.17, 15) is 5.26 Å². The molecule has 0 spiro atoms. The second-order valence-electron chi connectivity index (χ2n) is 6.16. The van der Waals surface area contributed by atoms with Crippen LogP contribution in [0.4, 0.5) is 0 Å². The van der Waals surface area contributed by atoms with Gasteiger partial charge in [0.1, 0.15) is 23.3 Å². The molecule has 0 bridgehead atoms. The first-order valence-corrected chi connectivity index (χ1v) is 7.99. The maximum absolute atomic E-state index is 9.58. The fourth-order valence-corrected chi connectivity index (χ4v) is 3.71. The van der Waals surface area contributed by atoms with Gasteiger partial charge in [0.05, 0.1) is 24.3 Å². The van der Waals surface area contributed by atoms with E-state index in [1.54, 1.807) is 6.20 Å². The van der Waals surface area contributed by atoms with Crippen LogP contribution < -0.4 is 0 Å². The number of rotatable bonds is 1. The second-order valence-corrected chi connectivity index (χ2v) is 6.16. The highest BCUT2D eigenvalue weighted by atomic mass is 15.3. The summed E-state index contributed by atoms with van der Waals surface area (Å²) < 4.78 is 3.87. The van der Waals surface area contributed by atoms with Gasteiger partial charge < -0.3 is 9.55 Å². The number of fused-ring (bicyclic) bond motifs is 4. The Morgan fingerprint density at radius 1 is 1.28 bits per heavy atom. The first kappa shape index (κ1) is 13.8. The number of aryl methyl sites for hydroxylation is 1. The van der Waals surface area contributed by atoms with Crippen molar-refractivity contribution in [1.82, 2.24) is 29.3 Å². The van der Waals surface area contributed by atoms with E-state index in [4.69, 9.17) is 5.26 Å². The number of pyridine rings is 1. The van der Waals surface area contributed by atoms with Gasteiger partial charge in [0, 0.05) is 17.3 Å². The SMILES string of the molecule is N#Cc1cc2n(n1)C[C@@H](n1c(C#N)nc3cnc4[nH]ccc4c31)CC2. The number of nitrogens with zero attached hydrogens (tertiary/aromatic N) is 7. The molecular weight excluding hydrogens is 316 g/mol. The van der Waals surface area contributed by atoms with Gasteiger partial charge in [0.25, 0.3) is 0 Å². The quantitative estimate of drug-likeness (QED) is 0.574. The lowest BCUT2D eigenvalue weighted by Crippen LogP contribution is -2.24. The zero-order chi connectivity index (χ0) is 17.0. The zero-order valence-electron chi connectivity index (χ0n) is 13.1. The molecule has 8 heteroatoms. The van der Waals surface area contributed by atoms with Gasteiger partial charge in [-0.3, -0.25) is 4.68 Å². The third-order valence-electron chi connectivity index (χ3n) is 4.79. The Morgan fingerprint density at radius 2 is 2.20 bits per heavy atom. The zero-order valence-corrected chi connectivity index (χ0v) is 13.1. The monoisotopic (exact) mass is 328 g/mol. The summed E-state index contributed by atoms with van der Waals surface area (Å²) in [4.78, 5) is 11.9. The van der Waals surface area contributed by atoms with Crippen LogP contribution in [0.3, 0.4) is 0 Å². The predicted molar refractivity (Wildman–Crippen MR) is 88.4 cm³/mol. The van der Waals surface area contributed by atoms with Crippen LogP contribution in [-0.4, -0.2) is 29.3 Å². The Labute approximate surface area is 141 Å². The molecule has 0 unspecified atom stereocenters. The minimum Gasteiger partial charge on any atom is -0.346 e. The first-order valence-electron chi connectivity index (χ1n) is 7.99. The number of imidazole rings is 1. The van der Waals surface area contributed by atoms with Gasteiger partial charge in [-0.25, -0.2) is 9.97 Å². The average Bonchev–Trinajstić information content (AvgIpc) is 3.34. The van der Waals surface area contributed by atoms with Crippen molar-refractivity contribution >= 4 is 22.1 Å². The maximum Gasteiger partial charge on any atom is 0.214 e. The number of nitriles is 2. The van der Waals surface area contributed by atoms with E-state index in [-0.39, 0.29) is 6.04 Å². The Hall–Kier alpha value is -3.65. The number of hydrogen-bond donors (Lipinski definition) is 1. The molecule has 1 N–H and O–H groups in total. The summed E-state index contributed by atoms with van der Waals surface area (Å²) in [5.74, 6) is 0.381. The number of nitrogens with one attached hydrogen (secondary N) is 1. The van der Waals surface area contributed by atoms with Crippen LogP contribution in [0.25, 0.3) is 22.1 Å². The number of hydrogen-bond acceptors (Lipinski definition) is 5. The molecule has 120 valence electrons. The third-order valence-corrected chi connectivity index (χ3v) is 4.79. The molecule has 5 heterocycles. The number of aromatic amines is 1. The molecule has 0 aliphatic carbocycles. The molecule has 8 nitrogen and oxygen atoms in total. The maximum atomic E-state index is 9.58. The molecule has 1 aliphatic heterocycles. The van der Waals surface area contributed by atoms with Gasteiger partial charge in [0.15, 0.2) is 5.69 Å². The highest BCUT2D eigenvalue weighted by Crippen LogP contribution is 2.32. The Balaban J connectivity index is 1.71. The lowest BCUT2D eigenvalue weighted by atomic mass is 10.0. The van der Waals surface area contributed by atoms with Crippen molar-refractivity contribution in [1.29, 1.82) is 10.5 Å². The molecule has 0 aromatic carbocycles. The standard InChI is InChI=1S/C17H12N8/c18-6-10-5-11-1-2-12(9-24(11)23-10)25-15(7-19)22-14-8-21-17-13(16(14)25)3-4-20-17/h3-5,8,12H,1-2,9H2,(H,20,21)/t12-/m0/s1. The highest BCUT2D eigenvalue weighted by Gasteiger charge is 2.26. The van der Waals surface area contributed by atoms with Crippen LogP contribution in [0.15, 0.2) is 24.5 Å². The van der Waals surface area contributed by atoms with Crippen molar-refractivity contribution < 1.29 is 0 Å². The van der Waals surface area contributed by atoms with Crippen LogP contribution in [0, 0.1) is 22.7 Å². The predicted octanol–water partition coefficient (Wildman–Crippen LogP) is 2.04. The van der Waals surface area contributed by atoms with E-state index in [1.165, 1.54) is 0 Å². The summed E-state index contributed by atoms with van der Waals surface area (Å²) in [5.41, 5.74) is 3.91. The third kappa shape index (κ3) is 1.88. The fraction of sp³-hybridized carbons (Fsp3) is 0.235. The lowest BCUT2D eigenvalue weighted by Gasteiger charge is -2.25. The van der Waals surface area contributed by atoms with Crippen LogP contribution in [0.2, 0.25) is 0 Å². The first-order chi connectivity index (χ1) is 12.3. The van der Waals surface area contributed by atoms with E-state index in [2.05, 4.69) is 32.2 Å². The van der Waals surface area contributed by atoms with Gasteiger partial charge in [-0.05, 0) is 25.0 Å². The molecule has 0 saturated heterocycles. The largest absolute Gasteiger partial charge is 0.346 e. The minimum absolute atomic E-state index is 0.0547. The number of aromatic nitrogens is 6. The summed E-state index contributed by atoms with van der Waals surface area (Å²) in [6.07, 6.45) is 5.21. The van der Waals surface area contributed by atoms with Gasteiger partial charge in [-0.1, -0.05) is 0 Å². The van der Waals surface area contributed by atoms with Crippen LogP contribution in [-0.2, 0) is 13.0 Å². The van der Waals surface area contributed by atoms with Gasteiger partial charge in [-0.15, -0.1) is 0 Å². The average molecular weight is 328 g/mol. The molecular formula is C17H12N8. The Morgan fingerprint density at radius 3 is 3.04 bits per heavy atom. The molecule has 25 heavy (non-hydrogen) atoms. The summed E-state index contributed by atoms with van der Waals surface area (Å²) >= 11 is 0. The molecule has 0 saturated carbocycles. The van der Waals surface area contributed by atoms with Gasteiger partial charge in [-0.2, -0.15) is 15.6 Å². The molecule has 5 rings (SSSR count). The summed E-state index contributed by atoms with van der Waals surface area (Å²) in [6.45, 7) is 0.616. The van der Waals surface area contributed by atoms with Crippen molar-refractivity contribution in [3.05, 3.63) is 41.7 Å². The van der Waals surface area contributed by atoms with Crippen molar-refractivity contribution in [3.8, 4) is 12.1 Å². The van der Waals surface area contributed by atoms with Gasteiger partial charge >= 0.3 is 0 Å². The van der Waals surface area contributed by atoms with Crippen LogP contribution >= 0.6 is 0 Å². The van der Waals surface area contributed by atoms with E-state index >= 15 is 0 Å². The normalized spacial score (nSPS) is 16.6. The van der Waals surface area contributed by atoms with E-state index in [0.717, 1.165) is 35.1 Å². The second kappa shape index (κ2) is 4.92. The molecule has 1 atom stereocenters. The van der Waals surface area contributed by atoms with E-state index in [0.29, 0.717) is 23.6 Å². The molecule has 0 amide bonds. The fourth-order valence-electron chi connectivity index (χ4n) is 3.71. The molecule has 0 radical (unpaired) electrons. The molecule has 1 aliphatic rings. The Kier molecular flexibility index (Phi) is 2.71. The van der Waals surface area contributed by atoms with Gasteiger partial charge in [0.2, 0.25) is 5.82 Å². The van der Waals surface area contributed by atoms with Crippen molar-refractivity contribution in [2.75, 3.05) is 0 Å². The highest BCUT2D eigenvalue weighted by molar-refractivity contribution is 6.01. The Bertz CT molecular complexity index is 1210. The van der Waals surface area contributed by atoms with Crippen LogP contribution in [0.1, 0.15) is 29.7 Å². The minimum atomic E-state index is 0.0547. The number of H-pyrrole nitrogens is 1. The molecule has 4 aromatic heterocycles. The van der Waals surface area contributed by atoms with Crippen molar-refractivity contribution in [2.45, 2.75) is 25.4 Å². The molecule has 4 aromatic rings.